The molecule has 0 radical (unpaired) electrons. The molecular formula is C21H25N5O5. The van der Waals surface area contributed by atoms with Gasteiger partial charge in [0.15, 0.2) is 6.61 Å². The second kappa shape index (κ2) is 9.30. The molecule has 2 aromatic heterocycles. The number of hydrogen-bond acceptors (Lipinski definition) is 7. The van der Waals surface area contributed by atoms with E-state index in [4.69, 9.17) is 10.5 Å². The molecule has 0 aliphatic carbocycles. The van der Waals surface area contributed by atoms with Crippen molar-refractivity contribution in [3.8, 4) is 6.07 Å². The van der Waals surface area contributed by atoms with Crippen molar-refractivity contribution in [1.29, 1.82) is 5.26 Å². The maximum atomic E-state index is 12.5. The lowest BCUT2D eigenvalue weighted by Gasteiger charge is -2.10. The van der Waals surface area contributed by atoms with Crippen molar-refractivity contribution in [1.82, 2.24) is 13.7 Å². The summed E-state index contributed by atoms with van der Waals surface area (Å²) in [6, 6.07) is 3.64. The molecule has 0 aromatic carbocycles. The zero-order chi connectivity index (χ0) is 23.5. The van der Waals surface area contributed by atoms with Gasteiger partial charge in [0.25, 0.3) is 5.56 Å². The average molecular weight is 427 g/mol. The molecule has 164 valence electrons. The topological polar surface area (TPSA) is 142 Å². The number of carbonyl (C=O) groups excluding carboxylic acids is 2. The summed E-state index contributed by atoms with van der Waals surface area (Å²) >= 11 is 0. The number of ketones is 1. The van der Waals surface area contributed by atoms with E-state index in [9.17, 15) is 24.4 Å². The number of anilines is 1. The Balaban J connectivity index is 2.26. The molecule has 10 nitrogen and oxygen atoms in total. The molecule has 0 atom stereocenters. The number of nitrogen functional groups attached to an aromatic ring is 1. The SMILES string of the molecule is CCCn1c(C)cc(C=C(C#N)C(=O)OCC(=O)c2c(N)n(C)c(=O)n(C)c2=O)c1C. The Labute approximate surface area is 178 Å². The molecule has 0 unspecified atom stereocenters. The van der Waals surface area contributed by atoms with Crippen LogP contribution < -0.4 is 17.0 Å². The number of hydrogen-bond donors (Lipinski definition) is 1. The number of ether oxygens (including phenoxy) is 1. The van der Waals surface area contributed by atoms with Crippen LogP contribution in [0.25, 0.3) is 6.08 Å². The Bertz CT molecular complexity index is 1240. The Kier molecular flexibility index (Phi) is 7.02. The minimum absolute atomic E-state index is 0.286. The number of nitrogens with zero attached hydrogens (tertiary/aromatic N) is 4. The highest BCUT2D eigenvalue weighted by molar-refractivity contribution is 6.03. The number of Topliss-reactive ketones (excluding diaryl/α,β-unsaturated/α-hetero) is 1. The van der Waals surface area contributed by atoms with E-state index in [1.807, 2.05) is 26.8 Å². The van der Waals surface area contributed by atoms with E-state index < -0.39 is 35.2 Å². The Hall–Kier alpha value is -3.87. The van der Waals surface area contributed by atoms with Crippen LogP contribution in [0.4, 0.5) is 5.82 Å². The van der Waals surface area contributed by atoms with Crippen molar-refractivity contribution < 1.29 is 14.3 Å². The number of nitriles is 1. The molecule has 2 aromatic rings. The number of rotatable bonds is 7. The lowest BCUT2D eigenvalue weighted by atomic mass is 10.1. The first-order valence-electron chi connectivity index (χ1n) is 9.59. The molecule has 0 saturated heterocycles. The maximum Gasteiger partial charge on any atom is 0.349 e. The molecule has 2 heterocycles. The van der Waals surface area contributed by atoms with Crippen molar-refractivity contribution in [3.63, 3.8) is 0 Å². The molecule has 2 N–H and O–H groups in total. The first kappa shape index (κ1) is 23.4. The van der Waals surface area contributed by atoms with Gasteiger partial charge in [-0.15, -0.1) is 0 Å². The second-order valence-electron chi connectivity index (χ2n) is 7.11. The van der Waals surface area contributed by atoms with Crippen LogP contribution in [0.2, 0.25) is 0 Å². The molecule has 0 saturated carbocycles. The Morgan fingerprint density at radius 3 is 2.45 bits per heavy atom. The lowest BCUT2D eigenvalue weighted by Crippen LogP contribution is -2.42. The van der Waals surface area contributed by atoms with E-state index in [0.717, 1.165) is 33.5 Å². The number of aryl methyl sites for hydroxylation is 1. The molecular weight excluding hydrogens is 402 g/mol. The third-order valence-electron chi connectivity index (χ3n) is 5.02. The van der Waals surface area contributed by atoms with Gasteiger partial charge in [0.1, 0.15) is 23.0 Å². The van der Waals surface area contributed by atoms with Crippen LogP contribution in [0.3, 0.4) is 0 Å². The van der Waals surface area contributed by atoms with Gasteiger partial charge in [0, 0.05) is 32.0 Å². The van der Waals surface area contributed by atoms with Crippen molar-refractivity contribution in [2.75, 3.05) is 12.3 Å². The zero-order valence-electron chi connectivity index (χ0n) is 18.2. The van der Waals surface area contributed by atoms with Gasteiger partial charge >= 0.3 is 11.7 Å². The van der Waals surface area contributed by atoms with E-state index in [2.05, 4.69) is 4.57 Å². The van der Waals surface area contributed by atoms with Crippen LogP contribution in [0, 0.1) is 25.2 Å². The van der Waals surface area contributed by atoms with Gasteiger partial charge in [0.05, 0.1) is 0 Å². The zero-order valence-corrected chi connectivity index (χ0v) is 18.2. The Morgan fingerprint density at radius 2 is 1.87 bits per heavy atom. The molecule has 0 aliphatic heterocycles. The molecule has 0 amide bonds. The normalized spacial score (nSPS) is 11.3. The molecule has 0 spiro atoms. The fraction of sp³-hybridized carbons (Fsp3) is 0.381. The average Bonchev–Trinajstić information content (AvgIpc) is 3.00. The molecule has 0 bridgehead atoms. The first-order chi connectivity index (χ1) is 14.5. The smallest absolute Gasteiger partial charge is 0.349 e. The summed E-state index contributed by atoms with van der Waals surface area (Å²) in [7, 11) is 2.52. The molecule has 0 aliphatic rings. The largest absolute Gasteiger partial charge is 0.453 e. The van der Waals surface area contributed by atoms with Crippen LogP contribution >= 0.6 is 0 Å². The predicted octanol–water partition coefficient (Wildman–Crippen LogP) is 0.828. The van der Waals surface area contributed by atoms with Crippen LogP contribution in [0.15, 0.2) is 21.2 Å². The van der Waals surface area contributed by atoms with Gasteiger partial charge in [-0.25, -0.2) is 9.59 Å². The minimum atomic E-state index is -1.00. The standard InChI is InChI=1S/C21H25N5O5/c1-6-7-26-12(2)8-14(13(26)3)9-15(10-22)20(29)31-11-16(27)17-18(23)24(4)21(30)25(5)19(17)28/h8-9H,6-7,11,23H2,1-5H3. The van der Waals surface area contributed by atoms with Crippen molar-refractivity contribution >= 4 is 23.6 Å². The van der Waals surface area contributed by atoms with E-state index in [1.165, 1.54) is 20.2 Å². The summed E-state index contributed by atoms with van der Waals surface area (Å²) < 4.78 is 8.71. The van der Waals surface area contributed by atoms with Crippen molar-refractivity contribution in [3.05, 3.63) is 55.0 Å². The van der Waals surface area contributed by atoms with E-state index >= 15 is 0 Å². The first-order valence-corrected chi connectivity index (χ1v) is 9.59. The van der Waals surface area contributed by atoms with E-state index in [1.54, 1.807) is 6.07 Å². The third kappa shape index (κ3) is 4.50. The van der Waals surface area contributed by atoms with Gasteiger partial charge in [0.2, 0.25) is 5.78 Å². The third-order valence-corrected chi connectivity index (χ3v) is 5.02. The van der Waals surface area contributed by atoms with Crippen LogP contribution in [0.1, 0.15) is 40.7 Å². The molecule has 2 rings (SSSR count). The summed E-state index contributed by atoms with van der Waals surface area (Å²) in [6.07, 6.45) is 2.34. The molecule has 31 heavy (non-hydrogen) atoms. The minimum Gasteiger partial charge on any atom is -0.453 e. The highest BCUT2D eigenvalue weighted by Gasteiger charge is 2.22. The quantitative estimate of drug-likeness (QED) is 0.298. The van der Waals surface area contributed by atoms with Crippen molar-refractivity contribution in [2.45, 2.75) is 33.7 Å². The number of aromatic nitrogens is 3. The summed E-state index contributed by atoms with van der Waals surface area (Å²) in [4.78, 5) is 48.9. The summed E-state index contributed by atoms with van der Waals surface area (Å²) in [5, 5.41) is 9.38. The highest BCUT2D eigenvalue weighted by Crippen LogP contribution is 2.19. The fourth-order valence-electron chi connectivity index (χ4n) is 3.24. The predicted molar refractivity (Wildman–Crippen MR) is 114 cm³/mol. The van der Waals surface area contributed by atoms with Crippen LogP contribution in [-0.2, 0) is 30.2 Å². The lowest BCUT2D eigenvalue weighted by molar-refractivity contribution is -0.137. The maximum absolute atomic E-state index is 12.5. The van der Waals surface area contributed by atoms with Crippen LogP contribution in [-0.4, -0.2) is 32.1 Å². The van der Waals surface area contributed by atoms with Gasteiger partial charge in [-0.2, -0.15) is 5.26 Å². The number of carbonyl (C=O) groups is 2. The van der Waals surface area contributed by atoms with Gasteiger partial charge in [-0.05, 0) is 38.0 Å². The fourth-order valence-corrected chi connectivity index (χ4v) is 3.24. The summed E-state index contributed by atoms with van der Waals surface area (Å²) in [5.74, 6) is -2.20. The highest BCUT2D eigenvalue weighted by atomic mass is 16.5. The van der Waals surface area contributed by atoms with Gasteiger partial charge in [-0.1, -0.05) is 6.92 Å². The monoisotopic (exact) mass is 427 g/mol. The second-order valence-corrected chi connectivity index (χ2v) is 7.11. The molecule has 0 fully saturated rings. The van der Waals surface area contributed by atoms with Crippen LogP contribution in [0.5, 0.6) is 0 Å². The number of nitrogens with two attached hydrogens (primary N) is 1. The summed E-state index contributed by atoms with van der Waals surface area (Å²) in [5.41, 5.74) is 6.00. The Morgan fingerprint density at radius 1 is 1.23 bits per heavy atom. The van der Waals surface area contributed by atoms with E-state index in [-0.39, 0.29) is 11.4 Å². The van der Waals surface area contributed by atoms with Gasteiger partial charge in [-0.3, -0.25) is 18.7 Å². The van der Waals surface area contributed by atoms with E-state index in [0.29, 0.717) is 5.56 Å². The summed E-state index contributed by atoms with van der Waals surface area (Å²) in [6.45, 7) is 5.87. The van der Waals surface area contributed by atoms with Gasteiger partial charge < -0.3 is 15.0 Å². The van der Waals surface area contributed by atoms with Crippen molar-refractivity contribution in [2.24, 2.45) is 14.1 Å². The number of esters is 1. The molecule has 10 heteroatoms.